The molecule has 1 saturated heterocycles. The van der Waals surface area contributed by atoms with Crippen LogP contribution in [0.25, 0.3) is 0 Å². The Bertz CT molecular complexity index is 516. The lowest BCUT2D eigenvalue weighted by atomic mass is 9.68. The van der Waals surface area contributed by atoms with Gasteiger partial charge in [0.2, 0.25) is 0 Å². The third-order valence-corrected chi connectivity index (χ3v) is 7.63. The highest BCUT2D eigenvalue weighted by Gasteiger charge is 2.43. The second-order valence-corrected chi connectivity index (χ2v) is 10.6. The van der Waals surface area contributed by atoms with Gasteiger partial charge >= 0.3 is 0 Å². The molecule has 0 aromatic heterocycles. The minimum atomic E-state index is -3.10. The van der Waals surface area contributed by atoms with E-state index in [1.165, 1.54) is 25.7 Å². The van der Waals surface area contributed by atoms with Crippen molar-refractivity contribution in [3.05, 3.63) is 0 Å². The standard InChI is InChI=1S/C16H31N3O2S/c1-5-17-14(18-10-12-22(20,21)15(2,3)4)19-11-9-16(13-19)7-6-8-16/h5-13H2,1-4H3,(H,17,18). The van der Waals surface area contributed by atoms with Crippen LogP contribution >= 0.6 is 0 Å². The Morgan fingerprint density at radius 2 is 1.95 bits per heavy atom. The maximum atomic E-state index is 12.2. The molecule has 0 aromatic carbocycles. The maximum Gasteiger partial charge on any atom is 0.193 e. The highest BCUT2D eigenvalue weighted by atomic mass is 32.2. The summed E-state index contributed by atoms with van der Waals surface area (Å²) in [5.41, 5.74) is 0.522. The number of nitrogens with zero attached hydrogens (tertiary/aromatic N) is 2. The van der Waals surface area contributed by atoms with E-state index in [9.17, 15) is 8.42 Å². The fraction of sp³-hybridized carbons (Fsp3) is 0.938. The van der Waals surface area contributed by atoms with Crippen LogP contribution in [0.5, 0.6) is 0 Å². The number of nitrogens with one attached hydrogen (secondary N) is 1. The molecule has 2 rings (SSSR count). The van der Waals surface area contributed by atoms with Gasteiger partial charge < -0.3 is 10.2 Å². The van der Waals surface area contributed by atoms with Crippen LogP contribution in [0.1, 0.15) is 53.4 Å². The lowest BCUT2D eigenvalue weighted by Crippen LogP contribution is -2.43. The van der Waals surface area contributed by atoms with E-state index < -0.39 is 14.6 Å². The van der Waals surface area contributed by atoms with E-state index in [2.05, 4.69) is 22.1 Å². The van der Waals surface area contributed by atoms with Crippen LogP contribution in [-0.2, 0) is 9.84 Å². The van der Waals surface area contributed by atoms with Crippen molar-refractivity contribution in [1.82, 2.24) is 10.2 Å². The number of hydrogen-bond acceptors (Lipinski definition) is 3. The van der Waals surface area contributed by atoms with Gasteiger partial charge in [-0.3, -0.25) is 4.99 Å². The topological polar surface area (TPSA) is 61.8 Å². The Morgan fingerprint density at radius 3 is 2.41 bits per heavy atom. The maximum absolute atomic E-state index is 12.2. The summed E-state index contributed by atoms with van der Waals surface area (Å²) in [5, 5.41) is 3.32. The average molecular weight is 330 g/mol. The molecule has 2 fully saturated rings. The zero-order valence-electron chi connectivity index (χ0n) is 14.5. The first-order valence-corrected chi connectivity index (χ1v) is 10.1. The number of aliphatic imine (C=N–C) groups is 1. The second kappa shape index (κ2) is 6.38. The van der Waals surface area contributed by atoms with Gasteiger partial charge in [-0.2, -0.15) is 0 Å². The molecule has 5 nitrogen and oxygen atoms in total. The number of hydrogen-bond donors (Lipinski definition) is 1. The fourth-order valence-electron chi connectivity index (χ4n) is 3.20. The van der Waals surface area contributed by atoms with Crippen molar-refractivity contribution < 1.29 is 8.42 Å². The normalized spacial score (nSPS) is 22.0. The van der Waals surface area contributed by atoms with Gasteiger partial charge in [0.25, 0.3) is 0 Å². The van der Waals surface area contributed by atoms with Crippen LogP contribution in [0.2, 0.25) is 0 Å². The van der Waals surface area contributed by atoms with Crippen molar-refractivity contribution >= 4 is 15.8 Å². The largest absolute Gasteiger partial charge is 0.357 e. The molecule has 128 valence electrons. The Hall–Kier alpha value is -0.780. The van der Waals surface area contributed by atoms with Gasteiger partial charge in [0.05, 0.1) is 17.0 Å². The van der Waals surface area contributed by atoms with Crippen LogP contribution in [0, 0.1) is 5.41 Å². The van der Waals surface area contributed by atoms with Crippen molar-refractivity contribution in [2.24, 2.45) is 10.4 Å². The van der Waals surface area contributed by atoms with Gasteiger partial charge in [0.15, 0.2) is 15.8 Å². The average Bonchev–Trinajstić information content (AvgIpc) is 2.81. The number of sulfone groups is 1. The lowest BCUT2D eigenvalue weighted by Gasteiger charge is -2.38. The van der Waals surface area contributed by atoms with E-state index in [1.54, 1.807) is 20.8 Å². The van der Waals surface area contributed by atoms with E-state index in [4.69, 9.17) is 0 Å². The molecule has 0 amide bonds. The molecule has 22 heavy (non-hydrogen) atoms. The van der Waals surface area contributed by atoms with Crippen molar-refractivity contribution in [3.63, 3.8) is 0 Å². The smallest absolute Gasteiger partial charge is 0.193 e. The predicted molar refractivity (Wildman–Crippen MR) is 92.0 cm³/mol. The van der Waals surface area contributed by atoms with E-state index in [1.807, 2.05) is 0 Å². The molecule has 0 bridgehead atoms. The van der Waals surface area contributed by atoms with Crippen LogP contribution in [0.15, 0.2) is 4.99 Å². The molecular weight excluding hydrogens is 298 g/mol. The quantitative estimate of drug-likeness (QED) is 0.633. The Balaban J connectivity index is 1.96. The number of likely N-dealkylation sites (tertiary alicyclic amines) is 1. The van der Waals surface area contributed by atoms with E-state index in [0.29, 0.717) is 12.0 Å². The molecule has 1 heterocycles. The highest BCUT2D eigenvalue weighted by Crippen LogP contribution is 2.47. The van der Waals surface area contributed by atoms with Crippen molar-refractivity contribution in [2.75, 3.05) is 31.9 Å². The third kappa shape index (κ3) is 3.76. The summed E-state index contributed by atoms with van der Waals surface area (Å²) >= 11 is 0. The molecule has 0 unspecified atom stereocenters. The molecular formula is C16H31N3O2S. The van der Waals surface area contributed by atoms with Crippen molar-refractivity contribution in [3.8, 4) is 0 Å². The first kappa shape index (κ1) is 17.6. The highest BCUT2D eigenvalue weighted by molar-refractivity contribution is 7.92. The van der Waals surface area contributed by atoms with Gasteiger partial charge in [0, 0.05) is 19.6 Å². The summed E-state index contributed by atoms with van der Waals surface area (Å²) in [6.45, 7) is 10.6. The zero-order chi connectivity index (χ0) is 16.4. The van der Waals surface area contributed by atoms with Gasteiger partial charge in [-0.05, 0) is 52.4 Å². The molecule has 0 aromatic rings. The molecule has 6 heteroatoms. The molecule has 1 aliphatic heterocycles. The molecule has 0 atom stereocenters. The number of rotatable bonds is 4. The van der Waals surface area contributed by atoms with Crippen molar-refractivity contribution in [2.45, 2.75) is 58.1 Å². The summed E-state index contributed by atoms with van der Waals surface area (Å²) in [4.78, 5) is 6.88. The van der Waals surface area contributed by atoms with Crippen LogP contribution < -0.4 is 5.32 Å². The SMILES string of the molecule is CCNC(=NCCS(=O)(=O)C(C)(C)C)N1CCC2(CCC2)C1. The van der Waals surface area contributed by atoms with Crippen LogP contribution in [0.4, 0.5) is 0 Å². The fourth-order valence-corrected chi connectivity index (χ4v) is 4.15. The zero-order valence-corrected chi connectivity index (χ0v) is 15.3. The van der Waals surface area contributed by atoms with E-state index in [0.717, 1.165) is 25.6 Å². The molecule has 1 aliphatic carbocycles. The second-order valence-electron chi connectivity index (χ2n) is 7.69. The summed E-state index contributed by atoms with van der Waals surface area (Å²) < 4.78 is 23.6. The third-order valence-electron chi connectivity index (χ3n) is 5.04. The Labute approximate surface area is 135 Å². The first-order chi connectivity index (χ1) is 10.2. The van der Waals surface area contributed by atoms with Crippen molar-refractivity contribution in [1.29, 1.82) is 0 Å². The molecule has 0 radical (unpaired) electrons. The summed E-state index contributed by atoms with van der Waals surface area (Å²) in [6, 6.07) is 0. The molecule has 2 aliphatic rings. The summed E-state index contributed by atoms with van der Waals surface area (Å²) in [6.07, 6.45) is 5.27. The molecule has 1 spiro atoms. The minimum Gasteiger partial charge on any atom is -0.357 e. The molecule has 1 N–H and O–H groups in total. The van der Waals surface area contributed by atoms with Gasteiger partial charge in [-0.15, -0.1) is 0 Å². The summed E-state index contributed by atoms with van der Waals surface area (Å²) in [7, 11) is -3.10. The number of guanidine groups is 1. The van der Waals surface area contributed by atoms with Crippen LogP contribution in [0.3, 0.4) is 0 Å². The van der Waals surface area contributed by atoms with Gasteiger partial charge in [0.1, 0.15) is 0 Å². The molecule has 1 saturated carbocycles. The minimum absolute atomic E-state index is 0.115. The van der Waals surface area contributed by atoms with Gasteiger partial charge in [-0.25, -0.2) is 8.42 Å². The van der Waals surface area contributed by atoms with E-state index in [-0.39, 0.29) is 5.75 Å². The summed E-state index contributed by atoms with van der Waals surface area (Å²) in [5.74, 6) is 1.00. The first-order valence-electron chi connectivity index (χ1n) is 8.45. The van der Waals surface area contributed by atoms with E-state index >= 15 is 0 Å². The van der Waals surface area contributed by atoms with Crippen LogP contribution in [-0.4, -0.2) is 56.0 Å². The monoisotopic (exact) mass is 329 g/mol. The predicted octanol–water partition coefficient (Wildman–Crippen LogP) is 2.04. The Kier molecular flexibility index (Phi) is 5.09. The van der Waals surface area contributed by atoms with Gasteiger partial charge in [-0.1, -0.05) is 6.42 Å². The lowest BCUT2D eigenvalue weighted by molar-refractivity contribution is 0.151. The Morgan fingerprint density at radius 1 is 1.27 bits per heavy atom.